The molecular formula is C27H40O4. The maximum atomic E-state index is 12.2. The quantitative estimate of drug-likeness (QED) is 0.459. The van der Waals surface area contributed by atoms with E-state index in [1.807, 2.05) is 6.08 Å². The lowest BCUT2D eigenvalue weighted by Gasteiger charge is -2.57. The molecule has 1 aromatic rings. The molecule has 5 rings (SSSR count). The number of aliphatic hydroxyl groups is 1. The summed E-state index contributed by atoms with van der Waals surface area (Å²) >= 11 is 0. The predicted octanol–water partition coefficient (Wildman–Crippen LogP) is 5.98. The van der Waals surface area contributed by atoms with Crippen molar-refractivity contribution in [2.45, 2.75) is 79.4 Å². The van der Waals surface area contributed by atoms with Crippen molar-refractivity contribution in [2.24, 2.45) is 35.0 Å². The van der Waals surface area contributed by atoms with Crippen LogP contribution in [-0.2, 0) is 4.74 Å². The van der Waals surface area contributed by atoms with Gasteiger partial charge in [-0.2, -0.15) is 0 Å². The van der Waals surface area contributed by atoms with E-state index in [-0.39, 0.29) is 23.5 Å². The number of fused-ring (bicyclic) bond motifs is 1. The van der Waals surface area contributed by atoms with Crippen LogP contribution >= 0.6 is 0 Å². The molecule has 2 fully saturated rings. The zero-order valence-electron chi connectivity index (χ0n) is 20.0. The highest BCUT2D eigenvalue weighted by Crippen LogP contribution is 2.58. The first kappa shape index (κ1) is 23.8. The standard InChI is InChI=1S/C17H24O3.C10H16O/c1-11(2)13-9-8-12(3)10-16(13)20-17(19)14-6-4-5-7-15(14)18;1-6-4-9(11)8-5-7(6)10(8,2)3/h4-7,11-13,16,18H,8-10H2,1-3H3;4,7-9,11H,5H2,1-3H3/t12-,13+,16-;7-,8+,9+/m11/s1. The molecule has 2 saturated carbocycles. The predicted molar refractivity (Wildman–Crippen MR) is 124 cm³/mol. The molecule has 0 aliphatic heterocycles. The number of phenols is 1. The van der Waals surface area contributed by atoms with Crippen LogP contribution in [0.4, 0.5) is 0 Å². The maximum Gasteiger partial charge on any atom is 0.342 e. The smallest absolute Gasteiger partial charge is 0.342 e. The van der Waals surface area contributed by atoms with E-state index in [1.54, 1.807) is 18.2 Å². The summed E-state index contributed by atoms with van der Waals surface area (Å²) < 4.78 is 5.70. The Morgan fingerprint density at radius 1 is 1.16 bits per heavy atom. The Labute approximate surface area is 187 Å². The van der Waals surface area contributed by atoms with Crippen molar-refractivity contribution in [1.82, 2.24) is 0 Å². The van der Waals surface area contributed by atoms with Crippen molar-refractivity contribution >= 4 is 5.97 Å². The minimum absolute atomic E-state index is 0.0116. The number of hydrogen-bond donors (Lipinski definition) is 2. The van der Waals surface area contributed by atoms with Gasteiger partial charge in [0.2, 0.25) is 0 Å². The summed E-state index contributed by atoms with van der Waals surface area (Å²) in [5, 5.41) is 19.4. The molecule has 0 amide bonds. The van der Waals surface area contributed by atoms with Crippen LogP contribution in [-0.4, -0.2) is 28.4 Å². The monoisotopic (exact) mass is 428 g/mol. The van der Waals surface area contributed by atoms with E-state index in [4.69, 9.17) is 4.74 Å². The second kappa shape index (κ2) is 9.36. The Morgan fingerprint density at radius 2 is 1.84 bits per heavy atom. The molecule has 4 aliphatic rings. The lowest BCUT2D eigenvalue weighted by molar-refractivity contribution is -0.0760. The number of allylic oxidation sites excluding steroid dienone is 1. The first-order valence-electron chi connectivity index (χ1n) is 11.9. The number of rotatable bonds is 3. The lowest BCUT2D eigenvalue weighted by Crippen LogP contribution is -2.53. The number of benzene rings is 1. The molecule has 0 aromatic heterocycles. The Bertz CT molecular complexity index is 809. The Balaban J connectivity index is 0.000000207. The molecule has 6 atom stereocenters. The highest BCUT2D eigenvalue weighted by atomic mass is 16.5. The summed E-state index contributed by atoms with van der Waals surface area (Å²) in [6, 6.07) is 6.56. The third-order valence-electron chi connectivity index (χ3n) is 8.08. The van der Waals surface area contributed by atoms with Gasteiger partial charge in [0.25, 0.3) is 0 Å². The molecule has 0 heterocycles. The van der Waals surface area contributed by atoms with E-state index < -0.39 is 5.97 Å². The Kier molecular flexibility index (Phi) is 7.20. The second-order valence-corrected chi connectivity index (χ2v) is 10.9. The molecule has 4 heteroatoms. The van der Waals surface area contributed by atoms with E-state index in [1.165, 1.54) is 24.5 Å². The van der Waals surface area contributed by atoms with Crippen LogP contribution in [0.1, 0.15) is 77.6 Å². The summed E-state index contributed by atoms with van der Waals surface area (Å²) in [6.45, 7) is 13.3. The van der Waals surface area contributed by atoms with Crippen LogP contribution in [0.2, 0.25) is 0 Å². The molecule has 0 unspecified atom stereocenters. The summed E-state index contributed by atoms with van der Waals surface area (Å²) in [7, 11) is 0. The van der Waals surface area contributed by atoms with Gasteiger partial charge >= 0.3 is 5.97 Å². The number of esters is 1. The number of carbonyl (C=O) groups excluding carboxylic acids is 1. The van der Waals surface area contributed by atoms with Crippen LogP contribution in [0.25, 0.3) is 0 Å². The molecular weight excluding hydrogens is 388 g/mol. The van der Waals surface area contributed by atoms with Gasteiger partial charge in [0, 0.05) is 0 Å². The van der Waals surface area contributed by atoms with Crippen molar-refractivity contribution in [3.05, 3.63) is 41.5 Å². The number of aliphatic hydroxyl groups excluding tert-OH is 1. The molecule has 0 spiro atoms. The van der Waals surface area contributed by atoms with Crippen LogP contribution in [0, 0.1) is 35.0 Å². The normalized spacial score (nSPS) is 33.5. The fourth-order valence-corrected chi connectivity index (χ4v) is 5.91. The van der Waals surface area contributed by atoms with Crippen molar-refractivity contribution < 1.29 is 19.7 Å². The van der Waals surface area contributed by atoms with Crippen molar-refractivity contribution in [1.29, 1.82) is 0 Å². The summed E-state index contributed by atoms with van der Waals surface area (Å²) in [4.78, 5) is 12.2. The molecule has 4 nitrogen and oxygen atoms in total. The fraction of sp³-hybridized carbons (Fsp3) is 0.667. The van der Waals surface area contributed by atoms with Gasteiger partial charge in [-0.1, -0.05) is 64.8 Å². The minimum Gasteiger partial charge on any atom is -0.507 e. The molecule has 2 N–H and O–H groups in total. The first-order valence-corrected chi connectivity index (χ1v) is 11.9. The number of aromatic hydroxyl groups is 1. The van der Waals surface area contributed by atoms with Gasteiger partial charge in [0.15, 0.2) is 0 Å². The molecule has 1 aromatic carbocycles. The van der Waals surface area contributed by atoms with Crippen molar-refractivity contribution in [3.63, 3.8) is 0 Å². The first-order chi connectivity index (χ1) is 14.5. The average molecular weight is 429 g/mol. The number of hydrogen-bond acceptors (Lipinski definition) is 4. The number of ether oxygens (including phenoxy) is 1. The molecule has 172 valence electrons. The third-order valence-corrected chi connectivity index (χ3v) is 8.08. The molecule has 4 aliphatic carbocycles. The van der Waals surface area contributed by atoms with Gasteiger partial charge in [-0.05, 0) is 73.3 Å². The van der Waals surface area contributed by atoms with Crippen molar-refractivity contribution in [3.8, 4) is 5.75 Å². The molecule has 31 heavy (non-hydrogen) atoms. The lowest BCUT2D eigenvalue weighted by atomic mass is 9.48. The van der Waals surface area contributed by atoms with Crippen LogP contribution in [0.5, 0.6) is 5.75 Å². The molecule has 2 bridgehead atoms. The van der Waals surface area contributed by atoms with E-state index in [0.717, 1.165) is 18.8 Å². The summed E-state index contributed by atoms with van der Waals surface area (Å²) in [5.74, 6) is 2.36. The van der Waals surface area contributed by atoms with Crippen LogP contribution in [0.3, 0.4) is 0 Å². The second-order valence-electron chi connectivity index (χ2n) is 10.9. The average Bonchev–Trinajstić information content (AvgIpc) is 2.67. The van der Waals surface area contributed by atoms with E-state index >= 15 is 0 Å². The zero-order valence-corrected chi connectivity index (χ0v) is 20.0. The fourth-order valence-electron chi connectivity index (χ4n) is 5.91. The third kappa shape index (κ3) is 5.00. The summed E-state index contributed by atoms with van der Waals surface area (Å²) in [5.41, 5.74) is 2.01. The Hall–Kier alpha value is -1.81. The largest absolute Gasteiger partial charge is 0.507 e. The van der Waals surface area contributed by atoms with Gasteiger partial charge in [-0.25, -0.2) is 4.79 Å². The maximum absolute atomic E-state index is 12.2. The van der Waals surface area contributed by atoms with Gasteiger partial charge in [0.1, 0.15) is 17.4 Å². The molecule has 0 saturated heterocycles. The minimum atomic E-state index is -0.409. The van der Waals surface area contributed by atoms with Gasteiger partial charge in [0.05, 0.1) is 6.10 Å². The number of carbonyl (C=O) groups is 1. The Morgan fingerprint density at radius 3 is 2.39 bits per heavy atom. The van der Waals surface area contributed by atoms with E-state index in [9.17, 15) is 15.0 Å². The topological polar surface area (TPSA) is 66.8 Å². The van der Waals surface area contributed by atoms with E-state index in [0.29, 0.717) is 29.1 Å². The summed E-state index contributed by atoms with van der Waals surface area (Å²) in [6.07, 6.45) is 6.26. The zero-order chi connectivity index (χ0) is 22.9. The van der Waals surface area contributed by atoms with Gasteiger partial charge < -0.3 is 14.9 Å². The highest BCUT2D eigenvalue weighted by Gasteiger charge is 2.53. The SMILES string of the molecule is CC(C)[C@@H]1CC[C@@H](C)C[C@H]1OC(=O)c1ccccc1O.CC1=C[C@H](O)[C@@H]2C[C@H]1C2(C)C. The van der Waals surface area contributed by atoms with Crippen LogP contribution in [0.15, 0.2) is 35.9 Å². The van der Waals surface area contributed by atoms with Crippen molar-refractivity contribution in [2.75, 3.05) is 0 Å². The molecule has 0 radical (unpaired) electrons. The van der Waals surface area contributed by atoms with Gasteiger partial charge in [-0.15, -0.1) is 0 Å². The van der Waals surface area contributed by atoms with Crippen LogP contribution < -0.4 is 0 Å². The number of phenolic OH excluding ortho intramolecular Hbond substituents is 1. The number of para-hydroxylation sites is 1. The van der Waals surface area contributed by atoms with Gasteiger partial charge in [-0.3, -0.25) is 0 Å². The highest BCUT2D eigenvalue weighted by molar-refractivity contribution is 5.92. The van der Waals surface area contributed by atoms with E-state index in [2.05, 4.69) is 41.5 Å².